The predicted octanol–water partition coefficient (Wildman–Crippen LogP) is 3.88. The largest absolute Gasteiger partial charge is 0.476 e. The van der Waals surface area contributed by atoms with E-state index in [1.165, 1.54) is 6.20 Å². The SMILES string of the molecule is Cc1ccccc1C1=NCc2nc(C(=O)O)cn2-c2ccc(Cl)cc21. The molecule has 1 aliphatic heterocycles. The van der Waals surface area contributed by atoms with E-state index in [0.717, 1.165) is 28.1 Å². The fourth-order valence-electron chi connectivity index (χ4n) is 3.05. The summed E-state index contributed by atoms with van der Waals surface area (Å²) in [7, 11) is 0. The summed E-state index contributed by atoms with van der Waals surface area (Å²) >= 11 is 6.23. The van der Waals surface area contributed by atoms with Crippen LogP contribution < -0.4 is 0 Å². The number of aryl methyl sites for hydroxylation is 1. The number of rotatable bonds is 2. The molecule has 1 aliphatic rings. The molecular weight excluding hydrogens is 338 g/mol. The number of imidazole rings is 1. The number of benzene rings is 2. The molecular formula is C19H14ClN3O2. The molecule has 25 heavy (non-hydrogen) atoms. The minimum absolute atomic E-state index is 0.00504. The van der Waals surface area contributed by atoms with E-state index in [2.05, 4.69) is 4.98 Å². The number of nitrogens with zero attached hydrogens (tertiary/aromatic N) is 3. The van der Waals surface area contributed by atoms with Gasteiger partial charge in [-0.25, -0.2) is 9.78 Å². The number of fused-ring (bicyclic) bond motifs is 3. The van der Waals surface area contributed by atoms with Crippen molar-refractivity contribution in [3.05, 3.63) is 81.9 Å². The topological polar surface area (TPSA) is 67.5 Å². The Kier molecular flexibility index (Phi) is 3.66. The molecule has 6 heteroatoms. The molecule has 0 bridgehead atoms. The van der Waals surface area contributed by atoms with Gasteiger partial charge in [-0.2, -0.15) is 0 Å². The Bertz CT molecular complexity index is 1040. The number of halogens is 1. The van der Waals surface area contributed by atoms with Crippen molar-refractivity contribution in [1.82, 2.24) is 9.55 Å². The van der Waals surface area contributed by atoms with Crippen molar-refractivity contribution in [2.24, 2.45) is 4.99 Å². The highest BCUT2D eigenvalue weighted by molar-refractivity contribution is 6.31. The minimum atomic E-state index is -1.06. The molecule has 0 fully saturated rings. The maximum atomic E-state index is 11.3. The Morgan fingerprint density at radius 2 is 2.00 bits per heavy atom. The van der Waals surface area contributed by atoms with Gasteiger partial charge in [-0.1, -0.05) is 35.9 Å². The van der Waals surface area contributed by atoms with Crippen LogP contribution in [0.15, 0.2) is 53.7 Å². The van der Waals surface area contributed by atoms with Gasteiger partial charge in [0.2, 0.25) is 0 Å². The van der Waals surface area contributed by atoms with Gasteiger partial charge < -0.3 is 9.67 Å². The molecule has 2 heterocycles. The van der Waals surface area contributed by atoms with Crippen molar-refractivity contribution >= 4 is 23.3 Å². The molecule has 0 radical (unpaired) electrons. The van der Waals surface area contributed by atoms with E-state index in [0.29, 0.717) is 17.4 Å². The van der Waals surface area contributed by atoms with E-state index in [-0.39, 0.29) is 5.69 Å². The fraction of sp³-hybridized carbons (Fsp3) is 0.105. The average molecular weight is 352 g/mol. The Labute approximate surface area is 149 Å². The Balaban J connectivity index is 1.98. The van der Waals surface area contributed by atoms with Crippen molar-refractivity contribution in [2.45, 2.75) is 13.5 Å². The summed E-state index contributed by atoms with van der Waals surface area (Å²) in [5, 5.41) is 9.83. The van der Waals surface area contributed by atoms with Crippen molar-refractivity contribution in [2.75, 3.05) is 0 Å². The molecule has 1 aromatic heterocycles. The first-order chi connectivity index (χ1) is 12.0. The van der Waals surface area contributed by atoms with Crippen LogP contribution in [0.3, 0.4) is 0 Å². The van der Waals surface area contributed by atoms with E-state index < -0.39 is 5.97 Å². The van der Waals surface area contributed by atoms with E-state index in [1.54, 1.807) is 10.6 Å². The molecule has 5 nitrogen and oxygen atoms in total. The van der Waals surface area contributed by atoms with Gasteiger partial charge in [0.05, 0.1) is 17.9 Å². The zero-order chi connectivity index (χ0) is 17.6. The van der Waals surface area contributed by atoms with Gasteiger partial charge in [0.25, 0.3) is 0 Å². The van der Waals surface area contributed by atoms with Crippen molar-refractivity contribution in [1.29, 1.82) is 0 Å². The number of carboxylic acids is 1. The summed E-state index contributed by atoms with van der Waals surface area (Å²) in [5.41, 5.74) is 4.64. The first kappa shape index (κ1) is 15.6. The average Bonchev–Trinajstić information content (AvgIpc) is 2.95. The third-order valence-electron chi connectivity index (χ3n) is 4.25. The van der Waals surface area contributed by atoms with E-state index >= 15 is 0 Å². The van der Waals surface area contributed by atoms with Gasteiger partial charge >= 0.3 is 5.97 Å². The van der Waals surface area contributed by atoms with Crippen molar-refractivity contribution in [3.63, 3.8) is 0 Å². The maximum absolute atomic E-state index is 11.3. The normalized spacial score (nSPS) is 12.8. The molecule has 4 rings (SSSR count). The van der Waals surface area contributed by atoms with Crippen LogP contribution in [-0.2, 0) is 6.54 Å². The number of carbonyl (C=O) groups is 1. The molecule has 0 spiro atoms. The zero-order valence-corrected chi connectivity index (χ0v) is 14.2. The molecule has 0 saturated carbocycles. The lowest BCUT2D eigenvalue weighted by atomic mass is 9.97. The lowest BCUT2D eigenvalue weighted by molar-refractivity contribution is 0.0691. The summed E-state index contributed by atoms with van der Waals surface area (Å²) in [5.74, 6) is -0.469. The molecule has 3 aromatic rings. The number of hydrogen-bond donors (Lipinski definition) is 1. The lowest BCUT2D eigenvalue weighted by Crippen LogP contribution is -2.08. The van der Waals surface area contributed by atoms with Crippen LogP contribution in [0.25, 0.3) is 5.69 Å². The number of aliphatic imine (C=N–C) groups is 1. The molecule has 1 N–H and O–H groups in total. The highest BCUT2D eigenvalue weighted by atomic mass is 35.5. The van der Waals surface area contributed by atoms with Crippen LogP contribution in [0.4, 0.5) is 0 Å². The van der Waals surface area contributed by atoms with E-state index in [9.17, 15) is 9.90 Å². The van der Waals surface area contributed by atoms with Gasteiger partial charge in [0, 0.05) is 22.3 Å². The van der Waals surface area contributed by atoms with Crippen molar-refractivity contribution < 1.29 is 9.90 Å². The summed E-state index contributed by atoms with van der Waals surface area (Å²) in [6.45, 7) is 2.33. The maximum Gasteiger partial charge on any atom is 0.356 e. The number of aromatic carboxylic acids is 1. The minimum Gasteiger partial charge on any atom is -0.476 e. The van der Waals surface area contributed by atoms with Gasteiger partial charge in [0.15, 0.2) is 5.69 Å². The van der Waals surface area contributed by atoms with E-state index in [1.807, 2.05) is 43.3 Å². The number of carboxylic acid groups (broad SMARTS) is 1. The second-order valence-electron chi connectivity index (χ2n) is 5.86. The lowest BCUT2D eigenvalue weighted by Gasteiger charge is -2.13. The predicted molar refractivity (Wildman–Crippen MR) is 96.1 cm³/mol. The van der Waals surface area contributed by atoms with Crippen LogP contribution >= 0.6 is 11.6 Å². The quantitative estimate of drug-likeness (QED) is 0.761. The molecule has 0 aliphatic carbocycles. The van der Waals surface area contributed by atoms with Gasteiger partial charge in [0.1, 0.15) is 5.82 Å². The second kappa shape index (κ2) is 5.86. The van der Waals surface area contributed by atoms with Crippen LogP contribution in [0, 0.1) is 6.92 Å². The van der Waals surface area contributed by atoms with Gasteiger partial charge in [-0.3, -0.25) is 4.99 Å². The third kappa shape index (κ3) is 2.62. The smallest absolute Gasteiger partial charge is 0.356 e. The summed E-state index contributed by atoms with van der Waals surface area (Å²) in [6, 6.07) is 13.5. The van der Waals surface area contributed by atoms with Gasteiger partial charge in [-0.15, -0.1) is 0 Å². The fourth-order valence-corrected chi connectivity index (χ4v) is 3.23. The summed E-state index contributed by atoms with van der Waals surface area (Å²) < 4.78 is 1.78. The molecule has 0 atom stereocenters. The molecule has 124 valence electrons. The Morgan fingerprint density at radius 3 is 2.76 bits per heavy atom. The summed E-state index contributed by atoms with van der Waals surface area (Å²) in [6.07, 6.45) is 1.53. The standard InChI is InChI=1S/C19H14ClN3O2/c1-11-4-2-3-5-13(11)18-14-8-12(20)6-7-16(14)23-10-15(19(24)25)22-17(23)9-21-18/h2-8,10H,9H2,1H3,(H,24,25). The number of hydrogen-bond acceptors (Lipinski definition) is 3. The highest BCUT2D eigenvalue weighted by Crippen LogP contribution is 2.28. The van der Waals surface area contributed by atoms with Crippen LogP contribution in [0.1, 0.15) is 33.0 Å². The molecule has 0 unspecified atom stereocenters. The van der Waals surface area contributed by atoms with Crippen LogP contribution in [0.5, 0.6) is 0 Å². The Hall–Kier alpha value is -2.92. The van der Waals surface area contributed by atoms with Crippen LogP contribution in [-0.4, -0.2) is 26.3 Å². The number of aromatic nitrogens is 2. The first-order valence-corrected chi connectivity index (χ1v) is 8.14. The van der Waals surface area contributed by atoms with E-state index in [4.69, 9.17) is 16.6 Å². The third-order valence-corrected chi connectivity index (χ3v) is 4.49. The molecule has 2 aromatic carbocycles. The zero-order valence-electron chi connectivity index (χ0n) is 13.4. The van der Waals surface area contributed by atoms with Gasteiger partial charge in [-0.05, 0) is 30.7 Å². The van der Waals surface area contributed by atoms with Crippen LogP contribution in [0.2, 0.25) is 5.02 Å². The van der Waals surface area contributed by atoms with Crippen molar-refractivity contribution in [3.8, 4) is 5.69 Å². The first-order valence-electron chi connectivity index (χ1n) is 7.77. The second-order valence-corrected chi connectivity index (χ2v) is 6.30. The Morgan fingerprint density at radius 1 is 1.20 bits per heavy atom. The highest BCUT2D eigenvalue weighted by Gasteiger charge is 2.23. The molecule has 0 saturated heterocycles. The summed E-state index contributed by atoms with van der Waals surface area (Å²) in [4.78, 5) is 20.2. The molecule has 0 amide bonds. The monoisotopic (exact) mass is 351 g/mol.